The van der Waals surface area contributed by atoms with Gasteiger partial charge in [0.1, 0.15) is 13.1 Å². The van der Waals surface area contributed by atoms with Crippen LogP contribution in [0.1, 0.15) is 10.4 Å². The molecule has 1 rings (SSSR count). The maximum atomic E-state index is 13.3. The molecule has 0 radical (unpaired) electrons. The third-order valence-electron chi connectivity index (χ3n) is 2.06. The summed E-state index contributed by atoms with van der Waals surface area (Å²) in [6.45, 7) is -3.21. The van der Waals surface area contributed by atoms with E-state index in [4.69, 9.17) is 5.11 Å². The maximum Gasteiger partial charge on any atom is 0.406 e. The number of amides is 1. The first-order valence-electron chi connectivity index (χ1n) is 4.99. The second-order valence-electron chi connectivity index (χ2n) is 3.63. The number of rotatable bonds is 4. The summed E-state index contributed by atoms with van der Waals surface area (Å²) in [5.74, 6) is -6.73. The number of hydrogen-bond donors (Lipinski definition) is 1. The molecule has 0 aromatic carbocycles. The van der Waals surface area contributed by atoms with Gasteiger partial charge in [-0.25, -0.2) is 9.37 Å². The minimum Gasteiger partial charge on any atom is -0.480 e. The van der Waals surface area contributed by atoms with Crippen LogP contribution in [0.2, 0.25) is 0 Å². The van der Waals surface area contributed by atoms with E-state index in [0.717, 1.165) is 0 Å². The van der Waals surface area contributed by atoms with Gasteiger partial charge in [-0.15, -0.1) is 0 Å². The standard InChI is InChI=1S/C10H7F5N2O3/c11-7-5(1-2-16-8(7)12)9(20)17(3-6(18)19)4-10(13,14)15/h1-2H,3-4H2,(H,18,19). The highest BCUT2D eigenvalue weighted by molar-refractivity contribution is 5.96. The topological polar surface area (TPSA) is 70.5 Å². The molecule has 1 aromatic rings. The molecule has 0 unspecified atom stereocenters. The lowest BCUT2D eigenvalue weighted by Gasteiger charge is -2.22. The number of nitrogens with zero attached hydrogens (tertiary/aromatic N) is 2. The first-order chi connectivity index (χ1) is 9.11. The molecule has 20 heavy (non-hydrogen) atoms. The van der Waals surface area contributed by atoms with E-state index in [-0.39, 0.29) is 4.90 Å². The maximum absolute atomic E-state index is 13.3. The summed E-state index contributed by atoms with van der Waals surface area (Å²) in [6.07, 6.45) is -4.20. The van der Waals surface area contributed by atoms with E-state index in [1.807, 2.05) is 0 Å². The Bertz CT molecular complexity index is 532. The lowest BCUT2D eigenvalue weighted by atomic mass is 10.2. The number of alkyl halides is 3. The van der Waals surface area contributed by atoms with Crippen molar-refractivity contribution in [3.05, 3.63) is 29.6 Å². The molecule has 0 aliphatic carbocycles. The summed E-state index contributed by atoms with van der Waals surface area (Å²) < 4.78 is 62.8. The van der Waals surface area contributed by atoms with Gasteiger partial charge in [-0.05, 0) is 6.07 Å². The second-order valence-corrected chi connectivity index (χ2v) is 3.63. The number of carboxylic acid groups (broad SMARTS) is 1. The van der Waals surface area contributed by atoms with Crippen LogP contribution in [0.4, 0.5) is 22.0 Å². The number of hydrogen-bond acceptors (Lipinski definition) is 3. The van der Waals surface area contributed by atoms with Gasteiger partial charge in [-0.3, -0.25) is 9.59 Å². The second kappa shape index (κ2) is 5.80. The Kier molecular flexibility index (Phi) is 4.58. The van der Waals surface area contributed by atoms with Crippen LogP contribution in [0.5, 0.6) is 0 Å². The first-order valence-corrected chi connectivity index (χ1v) is 4.99. The van der Waals surface area contributed by atoms with Crippen molar-refractivity contribution < 1.29 is 36.6 Å². The van der Waals surface area contributed by atoms with Gasteiger partial charge in [0.2, 0.25) is 5.95 Å². The summed E-state index contributed by atoms with van der Waals surface area (Å²) in [5, 5.41) is 8.46. The number of carboxylic acids is 1. The summed E-state index contributed by atoms with van der Waals surface area (Å²) in [5.41, 5.74) is -1.02. The zero-order valence-corrected chi connectivity index (χ0v) is 9.62. The number of halogens is 5. The molecule has 1 aromatic heterocycles. The van der Waals surface area contributed by atoms with Crippen molar-refractivity contribution >= 4 is 11.9 Å². The van der Waals surface area contributed by atoms with Gasteiger partial charge in [-0.1, -0.05) is 0 Å². The monoisotopic (exact) mass is 298 g/mol. The summed E-state index contributed by atoms with van der Waals surface area (Å²) in [6, 6.07) is 0.659. The fraction of sp³-hybridized carbons (Fsp3) is 0.300. The Hall–Kier alpha value is -2.26. The Morgan fingerprint density at radius 1 is 1.30 bits per heavy atom. The minimum atomic E-state index is -4.88. The molecule has 0 saturated heterocycles. The molecule has 1 amide bonds. The third kappa shape index (κ3) is 4.14. The van der Waals surface area contributed by atoms with Crippen molar-refractivity contribution in [2.45, 2.75) is 6.18 Å². The minimum absolute atomic E-state index is 0.153. The molecule has 0 spiro atoms. The molecule has 0 fully saturated rings. The van der Waals surface area contributed by atoms with Crippen LogP contribution in [0.15, 0.2) is 12.3 Å². The van der Waals surface area contributed by atoms with Crippen LogP contribution in [0.3, 0.4) is 0 Å². The van der Waals surface area contributed by atoms with E-state index >= 15 is 0 Å². The van der Waals surface area contributed by atoms with Crippen LogP contribution in [-0.2, 0) is 4.79 Å². The molecule has 0 aliphatic rings. The lowest BCUT2D eigenvalue weighted by molar-refractivity contribution is -0.149. The zero-order valence-electron chi connectivity index (χ0n) is 9.62. The van der Waals surface area contributed by atoms with Crippen LogP contribution in [0, 0.1) is 11.8 Å². The van der Waals surface area contributed by atoms with Crippen LogP contribution < -0.4 is 0 Å². The summed E-state index contributed by atoms with van der Waals surface area (Å²) in [4.78, 5) is 24.8. The van der Waals surface area contributed by atoms with Crippen molar-refractivity contribution in [3.63, 3.8) is 0 Å². The van der Waals surface area contributed by atoms with Gasteiger partial charge < -0.3 is 10.0 Å². The van der Waals surface area contributed by atoms with E-state index < -0.39 is 48.5 Å². The fourth-order valence-corrected chi connectivity index (χ4v) is 1.33. The van der Waals surface area contributed by atoms with Gasteiger partial charge >= 0.3 is 12.1 Å². The Labute approximate surface area is 108 Å². The van der Waals surface area contributed by atoms with Gasteiger partial charge in [0, 0.05) is 6.20 Å². The molecule has 1 N–H and O–H groups in total. The van der Waals surface area contributed by atoms with Crippen LogP contribution in [0.25, 0.3) is 0 Å². The highest BCUT2D eigenvalue weighted by Gasteiger charge is 2.35. The average Bonchev–Trinajstić information content (AvgIpc) is 2.28. The summed E-state index contributed by atoms with van der Waals surface area (Å²) >= 11 is 0. The van der Waals surface area contributed by atoms with Crippen LogP contribution in [-0.4, -0.2) is 46.1 Å². The smallest absolute Gasteiger partial charge is 0.406 e. The van der Waals surface area contributed by atoms with E-state index in [1.165, 1.54) is 0 Å². The molecule has 1 heterocycles. The number of pyridine rings is 1. The van der Waals surface area contributed by atoms with Crippen molar-refractivity contribution in [2.24, 2.45) is 0 Å². The molecule has 0 atom stereocenters. The Morgan fingerprint density at radius 3 is 2.40 bits per heavy atom. The van der Waals surface area contributed by atoms with Gasteiger partial charge in [-0.2, -0.15) is 17.6 Å². The predicted octanol–water partition coefficient (Wildman–Crippen LogP) is 1.45. The van der Waals surface area contributed by atoms with Crippen molar-refractivity contribution in [1.29, 1.82) is 0 Å². The number of aliphatic carboxylic acids is 1. The SMILES string of the molecule is O=C(O)CN(CC(F)(F)F)C(=O)c1ccnc(F)c1F. The number of aromatic nitrogens is 1. The Balaban J connectivity index is 3.10. The largest absolute Gasteiger partial charge is 0.480 e. The van der Waals surface area contributed by atoms with Gasteiger partial charge in [0.05, 0.1) is 5.56 Å². The number of carbonyl (C=O) groups excluding carboxylic acids is 1. The van der Waals surface area contributed by atoms with Crippen molar-refractivity contribution in [1.82, 2.24) is 9.88 Å². The van der Waals surface area contributed by atoms with E-state index in [1.54, 1.807) is 0 Å². The lowest BCUT2D eigenvalue weighted by Crippen LogP contribution is -2.42. The third-order valence-corrected chi connectivity index (χ3v) is 2.06. The highest BCUT2D eigenvalue weighted by atomic mass is 19.4. The van der Waals surface area contributed by atoms with Gasteiger partial charge in [0.25, 0.3) is 5.91 Å². The summed E-state index contributed by atoms with van der Waals surface area (Å²) in [7, 11) is 0. The molecular formula is C10H7F5N2O3. The molecule has 0 bridgehead atoms. The quantitative estimate of drug-likeness (QED) is 0.674. The predicted molar refractivity (Wildman–Crippen MR) is 53.7 cm³/mol. The molecule has 0 aliphatic heterocycles. The molecular weight excluding hydrogens is 291 g/mol. The Morgan fingerprint density at radius 2 is 1.90 bits per heavy atom. The first kappa shape index (κ1) is 15.8. The molecule has 110 valence electrons. The fourth-order valence-electron chi connectivity index (χ4n) is 1.33. The van der Waals surface area contributed by atoms with Crippen LogP contribution >= 0.6 is 0 Å². The van der Waals surface area contributed by atoms with E-state index in [0.29, 0.717) is 12.3 Å². The van der Waals surface area contributed by atoms with Crippen molar-refractivity contribution in [2.75, 3.05) is 13.1 Å². The van der Waals surface area contributed by atoms with E-state index in [2.05, 4.69) is 4.98 Å². The highest BCUT2D eigenvalue weighted by Crippen LogP contribution is 2.19. The number of carbonyl (C=O) groups is 2. The van der Waals surface area contributed by atoms with E-state index in [9.17, 15) is 31.5 Å². The average molecular weight is 298 g/mol. The zero-order chi connectivity index (χ0) is 15.5. The van der Waals surface area contributed by atoms with Crippen molar-refractivity contribution in [3.8, 4) is 0 Å². The molecule has 10 heteroatoms. The normalized spacial score (nSPS) is 11.2. The molecule has 5 nitrogen and oxygen atoms in total. The molecule has 0 saturated carbocycles. The van der Waals surface area contributed by atoms with Gasteiger partial charge in [0.15, 0.2) is 5.82 Å².